The molecule has 0 unspecified atom stereocenters. The first-order valence-corrected chi connectivity index (χ1v) is 11.1. The topological polar surface area (TPSA) is 26.3 Å². The van der Waals surface area contributed by atoms with Crippen LogP contribution in [0.25, 0.3) is 76.7 Å². The lowest BCUT2D eigenvalue weighted by Crippen LogP contribution is -1.91. The van der Waals surface area contributed by atoms with Gasteiger partial charge in [-0.25, -0.2) is 0 Å². The summed E-state index contributed by atoms with van der Waals surface area (Å²) in [5.74, 6) is 0. The van der Waals surface area contributed by atoms with Gasteiger partial charge in [0.15, 0.2) is 0 Å². The molecule has 0 N–H and O–H groups in total. The monoisotopic (exact) mass is 473 g/mol. The normalized spacial score (nSPS) is 16.9. The summed E-state index contributed by atoms with van der Waals surface area (Å²) in [6.45, 7) is 0. The van der Waals surface area contributed by atoms with Crippen LogP contribution < -0.4 is 0 Å². The zero-order valence-corrected chi connectivity index (χ0v) is 18.4. The third-order valence-electron chi connectivity index (χ3n) is 6.49. The fraction of sp³-hybridized carbons (Fsp3) is 0. The molecular formula is C34H20O2. The number of furan rings is 2. The minimum atomic E-state index is -0.721. The van der Waals surface area contributed by atoms with Crippen molar-refractivity contribution in [2.45, 2.75) is 0 Å². The molecule has 0 bridgehead atoms. The van der Waals surface area contributed by atoms with E-state index in [9.17, 15) is 2.74 Å². The Morgan fingerprint density at radius 2 is 1.11 bits per heavy atom. The average molecular weight is 474 g/mol. The van der Waals surface area contributed by atoms with Crippen molar-refractivity contribution in [1.82, 2.24) is 0 Å². The van der Waals surface area contributed by atoms with E-state index in [1.165, 1.54) is 6.26 Å². The van der Waals surface area contributed by atoms with Crippen LogP contribution in [0.3, 0.4) is 0 Å². The summed E-state index contributed by atoms with van der Waals surface area (Å²) < 4.78 is 126. The predicted octanol–water partition coefficient (Wildman–Crippen LogP) is 9.97. The van der Waals surface area contributed by atoms with Crippen LogP contribution in [0.15, 0.2) is 130 Å². The summed E-state index contributed by atoms with van der Waals surface area (Å²) in [6, 6.07) is 1.76. The second-order valence-corrected chi connectivity index (χ2v) is 8.30. The van der Waals surface area contributed by atoms with Gasteiger partial charge in [-0.15, -0.1) is 0 Å². The van der Waals surface area contributed by atoms with E-state index in [0.717, 1.165) is 0 Å². The van der Waals surface area contributed by atoms with Gasteiger partial charge in [0, 0.05) is 16.2 Å². The molecule has 0 spiro atoms. The summed E-state index contributed by atoms with van der Waals surface area (Å²) in [4.78, 5) is 0. The highest BCUT2D eigenvalue weighted by Crippen LogP contribution is 2.47. The van der Waals surface area contributed by atoms with Crippen molar-refractivity contribution in [2.24, 2.45) is 0 Å². The van der Waals surface area contributed by atoms with Gasteiger partial charge in [0.1, 0.15) is 16.7 Å². The van der Waals surface area contributed by atoms with Gasteiger partial charge in [-0.1, -0.05) is 90.7 Å². The molecule has 0 saturated carbocycles. The number of hydrogen-bond acceptors (Lipinski definition) is 2. The standard InChI is InChI=1S/C34H20O2/c1-2-9-21(10-3-1)31-22-11-4-6-13-24(22)32(25-14-7-5-12-23(25)31)27-15-8-16-29-34(27)33-26-19-20-35-28(26)17-18-30(33)36-29/h1-20H/i1D,2D,3D,4D,5D,6D,7D,9D,10D,11D,12D,13D,14D. The fourth-order valence-electron chi connectivity index (χ4n) is 5.09. The minimum absolute atomic E-state index is 0.0360. The van der Waals surface area contributed by atoms with E-state index in [2.05, 4.69) is 0 Å². The second-order valence-electron chi connectivity index (χ2n) is 8.30. The Kier molecular flexibility index (Phi) is 2.21. The molecule has 0 aliphatic carbocycles. The van der Waals surface area contributed by atoms with Gasteiger partial charge in [-0.05, 0) is 68.1 Å². The molecule has 0 amide bonds. The average Bonchev–Trinajstić information content (AvgIpc) is 3.73. The van der Waals surface area contributed by atoms with Crippen LogP contribution >= 0.6 is 0 Å². The van der Waals surface area contributed by atoms with Crippen molar-refractivity contribution in [2.75, 3.05) is 0 Å². The maximum atomic E-state index is 9.22. The third-order valence-corrected chi connectivity index (χ3v) is 6.49. The van der Waals surface area contributed by atoms with Gasteiger partial charge in [-0.3, -0.25) is 0 Å². The van der Waals surface area contributed by atoms with E-state index in [0.29, 0.717) is 38.5 Å². The molecule has 2 aromatic heterocycles. The highest BCUT2D eigenvalue weighted by atomic mass is 16.3. The Balaban J connectivity index is 1.77. The zero-order valence-electron chi connectivity index (χ0n) is 31.4. The van der Waals surface area contributed by atoms with Crippen LogP contribution in [0.5, 0.6) is 0 Å². The second kappa shape index (κ2) is 7.34. The fourth-order valence-corrected chi connectivity index (χ4v) is 5.09. The van der Waals surface area contributed by atoms with Crippen LogP contribution in [-0.2, 0) is 0 Å². The first-order chi connectivity index (χ1) is 23.3. The molecule has 0 saturated heterocycles. The van der Waals surface area contributed by atoms with E-state index in [1.54, 1.807) is 36.4 Å². The summed E-state index contributed by atoms with van der Waals surface area (Å²) >= 11 is 0. The van der Waals surface area contributed by atoms with Gasteiger partial charge >= 0.3 is 0 Å². The van der Waals surface area contributed by atoms with Crippen molar-refractivity contribution in [3.05, 3.63) is 121 Å². The Bertz CT molecular complexity index is 2710. The lowest BCUT2D eigenvalue weighted by molar-refractivity contribution is 0.615. The SMILES string of the molecule is [2H]c1c([2H])c([2H])c(-c2c3c([2H])c([2H])c([2H])c([2H])c3c(-c3cccc4oc5ccc6occc6c5c34)c3c([2H])c([2H])c([2H])c([2H])c23)c([2H])c1[2H]. The summed E-state index contributed by atoms with van der Waals surface area (Å²) in [5, 5.41) is 0.914. The highest BCUT2D eigenvalue weighted by Gasteiger charge is 2.21. The summed E-state index contributed by atoms with van der Waals surface area (Å²) in [5.41, 5.74) is 0.973. The number of fused-ring (bicyclic) bond motifs is 7. The zero-order chi connectivity index (χ0) is 35.0. The molecule has 2 heteroatoms. The van der Waals surface area contributed by atoms with Gasteiger partial charge in [-0.2, -0.15) is 0 Å². The minimum Gasteiger partial charge on any atom is -0.464 e. The van der Waals surface area contributed by atoms with Gasteiger partial charge < -0.3 is 8.83 Å². The quantitative estimate of drug-likeness (QED) is 0.233. The molecule has 2 nitrogen and oxygen atoms in total. The number of benzene rings is 6. The molecule has 6 aromatic carbocycles. The van der Waals surface area contributed by atoms with Crippen LogP contribution in [0.2, 0.25) is 0 Å². The van der Waals surface area contributed by atoms with Crippen molar-refractivity contribution in [3.8, 4) is 22.3 Å². The van der Waals surface area contributed by atoms with Crippen LogP contribution in [0.1, 0.15) is 17.8 Å². The molecule has 0 radical (unpaired) electrons. The lowest BCUT2D eigenvalue weighted by atomic mass is 9.85. The van der Waals surface area contributed by atoms with Crippen molar-refractivity contribution in [3.63, 3.8) is 0 Å². The van der Waals surface area contributed by atoms with Gasteiger partial charge in [0.05, 0.1) is 24.1 Å². The third kappa shape index (κ3) is 2.61. The maximum absolute atomic E-state index is 9.22. The number of rotatable bonds is 2. The molecule has 8 rings (SSSR count). The molecule has 0 fully saturated rings. The Morgan fingerprint density at radius 1 is 0.500 bits per heavy atom. The number of hydrogen-bond donors (Lipinski definition) is 0. The van der Waals surface area contributed by atoms with E-state index in [1.807, 2.05) is 0 Å². The van der Waals surface area contributed by atoms with E-state index >= 15 is 0 Å². The van der Waals surface area contributed by atoms with E-state index < -0.39 is 84.1 Å². The van der Waals surface area contributed by atoms with Crippen molar-refractivity contribution < 1.29 is 26.7 Å². The van der Waals surface area contributed by atoms with Gasteiger partial charge in [0.2, 0.25) is 0 Å². The van der Waals surface area contributed by atoms with Crippen molar-refractivity contribution >= 4 is 54.5 Å². The Hall–Kier alpha value is -4.82. The summed E-state index contributed by atoms with van der Waals surface area (Å²) in [7, 11) is 0. The Labute approximate surface area is 225 Å². The first-order valence-electron chi connectivity index (χ1n) is 17.6. The van der Waals surface area contributed by atoms with Crippen molar-refractivity contribution in [1.29, 1.82) is 0 Å². The summed E-state index contributed by atoms with van der Waals surface area (Å²) in [6.07, 6.45) is 1.51. The van der Waals surface area contributed by atoms with E-state index in [-0.39, 0.29) is 32.7 Å². The molecule has 0 aliphatic rings. The van der Waals surface area contributed by atoms with Crippen LogP contribution in [0, 0.1) is 0 Å². The maximum Gasteiger partial charge on any atom is 0.136 e. The molecule has 36 heavy (non-hydrogen) atoms. The lowest BCUT2D eigenvalue weighted by Gasteiger charge is -2.18. The Morgan fingerprint density at radius 3 is 1.83 bits per heavy atom. The first kappa shape index (κ1) is 10.8. The smallest absolute Gasteiger partial charge is 0.136 e. The molecule has 0 aliphatic heterocycles. The van der Waals surface area contributed by atoms with E-state index in [4.69, 9.17) is 23.9 Å². The highest BCUT2D eigenvalue weighted by molar-refractivity contribution is 6.28. The molecule has 8 aromatic rings. The molecular weight excluding hydrogens is 440 g/mol. The van der Waals surface area contributed by atoms with Crippen LogP contribution in [-0.4, -0.2) is 0 Å². The van der Waals surface area contributed by atoms with Gasteiger partial charge in [0.25, 0.3) is 0 Å². The molecule has 168 valence electrons. The predicted molar refractivity (Wildman–Crippen MR) is 149 cm³/mol. The largest absolute Gasteiger partial charge is 0.464 e. The molecule has 2 heterocycles. The molecule has 0 atom stereocenters. The van der Waals surface area contributed by atoms with Crippen LogP contribution in [0.4, 0.5) is 0 Å².